The van der Waals surface area contributed by atoms with Crippen molar-refractivity contribution in [1.29, 1.82) is 0 Å². The molecule has 0 aliphatic carbocycles. The zero-order valence-electron chi connectivity index (χ0n) is 9.82. The van der Waals surface area contributed by atoms with Gasteiger partial charge in [-0.15, -0.1) is 22.7 Å². The fourth-order valence-corrected chi connectivity index (χ4v) is 3.45. The van der Waals surface area contributed by atoms with Gasteiger partial charge in [-0.2, -0.15) is 0 Å². The number of thiophene rings is 2. The van der Waals surface area contributed by atoms with E-state index < -0.39 is 0 Å². The summed E-state index contributed by atoms with van der Waals surface area (Å²) in [4.78, 5) is 2.78. The van der Waals surface area contributed by atoms with Gasteiger partial charge in [-0.3, -0.25) is 4.68 Å². The zero-order chi connectivity index (χ0) is 12.2. The molecule has 3 aromatic heterocycles. The first-order valence-corrected chi connectivity index (χ1v) is 7.63. The van der Waals surface area contributed by atoms with Crippen LogP contribution in [-0.4, -0.2) is 4.68 Å². The predicted molar refractivity (Wildman–Crippen MR) is 78.9 cm³/mol. The van der Waals surface area contributed by atoms with Crippen LogP contribution in [0.4, 0.5) is 0 Å². The smallest absolute Gasteiger partial charge is 0.0813 e. The molecule has 2 nitrogen and oxygen atoms in total. The van der Waals surface area contributed by atoms with E-state index in [-0.39, 0.29) is 0 Å². The molecule has 0 saturated carbocycles. The third kappa shape index (κ3) is 2.66. The fourth-order valence-electron chi connectivity index (χ4n) is 1.93. The van der Waals surface area contributed by atoms with Crippen molar-refractivity contribution in [3.63, 3.8) is 0 Å². The Labute approximate surface area is 114 Å². The van der Waals surface area contributed by atoms with Gasteiger partial charge in [-0.1, -0.05) is 12.1 Å². The summed E-state index contributed by atoms with van der Waals surface area (Å²) >= 11 is 3.62. The van der Waals surface area contributed by atoms with E-state index in [0.29, 0.717) is 6.04 Å². The molecule has 3 rings (SSSR count). The second-order valence-electron chi connectivity index (χ2n) is 4.07. The monoisotopic (exact) mass is 274 g/mol. The molecule has 0 aromatic carbocycles. The second-order valence-corrected chi connectivity index (χ2v) is 6.08. The number of hydrogen-bond donors (Lipinski definition) is 1. The average molecular weight is 274 g/mol. The summed E-state index contributed by atoms with van der Waals surface area (Å²) in [6.07, 6.45) is 5.10. The Morgan fingerprint density at radius 2 is 1.78 bits per heavy atom. The van der Waals surface area contributed by atoms with Crippen LogP contribution in [-0.2, 0) is 6.42 Å². The summed E-state index contributed by atoms with van der Waals surface area (Å²) in [5.41, 5.74) is 3.53. The highest BCUT2D eigenvalue weighted by atomic mass is 32.1. The van der Waals surface area contributed by atoms with E-state index in [4.69, 9.17) is 0 Å². The summed E-state index contributed by atoms with van der Waals surface area (Å²) in [6, 6.07) is 13.0. The molecule has 0 spiro atoms. The first-order valence-electron chi connectivity index (χ1n) is 5.87. The molecule has 3 heterocycles. The highest BCUT2D eigenvalue weighted by Crippen LogP contribution is 2.25. The van der Waals surface area contributed by atoms with Gasteiger partial charge in [0.25, 0.3) is 0 Å². The van der Waals surface area contributed by atoms with Gasteiger partial charge >= 0.3 is 0 Å². The lowest BCUT2D eigenvalue weighted by atomic mass is 10.1. The minimum absolute atomic E-state index is 0.330. The number of nitrogens with zero attached hydrogens (tertiary/aromatic N) is 1. The summed E-state index contributed by atoms with van der Waals surface area (Å²) in [5.74, 6) is 0. The average Bonchev–Trinajstić information content (AvgIpc) is 3.13. The van der Waals surface area contributed by atoms with Crippen LogP contribution in [0.1, 0.15) is 15.8 Å². The van der Waals surface area contributed by atoms with E-state index >= 15 is 0 Å². The highest BCUT2D eigenvalue weighted by molar-refractivity contribution is 7.10. The predicted octanol–water partition coefficient (Wildman–Crippen LogP) is 4.14. The first kappa shape index (κ1) is 11.6. The van der Waals surface area contributed by atoms with Crippen molar-refractivity contribution < 1.29 is 0 Å². The third-order valence-electron chi connectivity index (χ3n) is 2.78. The van der Waals surface area contributed by atoms with Crippen LogP contribution >= 0.6 is 22.7 Å². The van der Waals surface area contributed by atoms with Crippen LogP contribution in [0.15, 0.2) is 59.6 Å². The van der Waals surface area contributed by atoms with E-state index in [2.05, 4.69) is 40.5 Å². The number of nitrogens with one attached hydrogen (secondary N) is 1. The van der Waals surface area contributed by atoms with Crippen LogP contribution in [0.25, 0.3) is 0 Å². The van der Waals surface area contributed by atoms with Gasteiger partial charge in [0.2, 0.25) is 0 Å². The lowest BCUT2D eigenvalue weighted by Crippen LogP contribution is -2.20. The molecule has 0 fully saturated rings. The van der Waals surface area contributed by atoms with Gasteiger partial charge < -0.3 is 5.43 Å². The Bertz CT molecular complexity index is 517. The van der Waals surface area contributed by atoms with Crippen LogP contribution in [0.2, 0.25) is 0 Å². The first-order chi connectivity index (χ1) is 8.92. The molecular formula is C14H14N2S2. The summed E-state index contributed by atoms with van der Waals surface area (Å²) in [6.45, 7) is 0. The molecule has 0 aliphatic rings. The zero-order valence-corrected chi connectivity index (χ0v) is 11.5. The topological polar surface area (TPSA) is 17.0 Å². The lowest BCUT2D eigenvalue weighted by Gasteiger charge is -2.18. The highest BCUT2D eigenvalue weighted by Gasteiger charge is 2.13. The second kappa shape index (κ2) is 5.42. The van der Waals surface area contributed by atoms with Crippen LogP contribution in [0.5, 0.6) is 0 Å². The SMILES string of the molecule is c1csc(CC(Nn2cccc2)c2cccs2)c1. The van der Waals surface area contributed by atoms with Crippen molar-refractivity contribution >= 4 is 22.7 Å². The maximum absolute atomic E-state index is 3.53. The molecular weight excluding hydrogens is 260 g/mol. The molecule has 1 atom stereocenters. The van der Waals surface area contributed by atoms with Crippen LogP contribution < -0.4 is 5.43 Å². The number of rotatable bonds is 5. The molecule has 1 unspecified atom stereocenters. The summed E-state index contributed by atoms with van der Waals surface area (Å²) in [5, 5.41) is 4.27. The normalized spacial score (nSPS) is 12.4. The minimum atomic E-state index is 0.330. The van der Waals surface area contributed by atoms with Gasteiger partial charge in [-0.25, -0.2) is 0 Å². The Balaban J connectivity index is 1.80. The van der Waals surface area contributed by atoms with Crippen molar-refractivity contribution in [2.45, 2.75) is 12.5 Å². The van der Waals surface area contributed by atoms with E-state index in [9.17, 15) is 0 Å². The quantitative estimate of drug-likeness (QED) is 0.740. The van der Waals surface area contributed by atoms with Crippen LogP contribution in [0, 0.1) is 0 Å². The van der Waals surface area contributed by atoms with Gasteiger partial charge in [-0.05, 0) is 35.0 Å². The van der Waals surface area contributed by atoms with Crippen molar-refractivity contribution in [2.75, 3.05) is 5.43 Å². The van der Waals surface area contributed by atoms with E-state index in [1.165, 1.54) is 9.75 Å². The molecule has 92 valence electrons. The van der Waals surface area contributed by atoms with E-state index in [1.54, 1.807) is 11.3 Å². The molecule has 3 aromatic rings. The van der Waals surface area contributed by atoms with Crippen molar-refractivity contribution in [2.24, 2.45) is 0 Å². The molecule has 18 heavy (non-hydrogen) atoms. The number of aromatic nitrogens is 1. The van der Waals surface area contributed by atoms with Crippen molar-refractivity contribution in [3.05, 3.63) is 69.3 Å². The Morgan fingerprint density at radius 1 is 1.00 bits per heavy atom. The van der Waals surface area contributed by atoms with E-state index in [1.807, 2.05) is 40.5 Å². The lowest BCUT2D eigenvalue weighted by molar-refractivity contribution is 0.684. The molecule has 0 aliphatic heterocycles. The molecule has 0 bridgehead atoms. The Kier molecular flexibility index (Phi) is 3.48. The fraction of sp³-hybridized carbons (Fsp3) is 0.143. The van der Waals surface area contributed by atoms with Gasteiger partial charge in [0.1, 0.15) is 0 Å². The number of hydrogen-bond acceptors (Lipinski definition) is 3. The molecule has 1 N–H and O–H groups in total. The molecule has 0 amide bonds. The Hall–Kier alpha value is -1.52. The van der Waals surface area contributed by atoms with Gasteiger partial charge in [0.15, 0.2) is 0 Å². The standard InChI is InChI=1S/C14H14N2S2/c1-2-8-16(7-1)15-13(14-6-4-10-18-14)11-12-5-3-9-17-12/h1-10,13,15H,11H2. The third-order valence-corrected chi connectivity index (χ3v) is 4.67. The van der Waals surface area contributed by atoms with Gasteiger partial charge in [0, 0.05) is 28.6 Å². The summed E-state index contributed by atoms with van der Waals surface area (Å²) < 4.78 is 2.03. The Morgan fingerprint density at radius 3 is 2.44 bits per heavy atom. The van der Waals surface area contributed by atoms with Crippen molar-refractivity contribution in [3.8, 4) is 0 Å². The largest absolute Gasteiger partial charge is 0.318 e. The molecule has 4 heteroatoms. The van der Waals surface area contributed by atoms with Crippen molar-refractivity contribution in [1.82, 2.24) is 4.68 Å². The maximum atomic E-state index is 3.53. The van der Waals surface area contributed by atoms with Gasteiger partial charge in [0.05, 0.1) is 6.04 Å². The van der Waals surface area contributed by atoms with E-state index in [0.717, 1.165) is 6.42 Å². The van der Waals surface area contributed by atoms with Crippen LogP contribution in [0.3, 0.4) is 0 Å². The minimum Gasteiger partial charge on any atom is -0.318 e. The molecule has 0 radical (unpaired) electrons. The molecule has 0 saturated heterocycles. The maximum Gasteiger partial charge on any atom is 0.0813 e. The summed E-state index contributed by atoms with van der Waals surface area (Å²) in [7, 11) is 0.